The third kappa shape index (κ3) is 6.15. The largest absolute Gasteiger partial charge is 0.497 e. The van der Waals surface area contributed by atoms with Crippen molar-refractivity contribution in [2.75, 3.05) is 12.4 Å². The van der Waals surface area contributed by atoms with Gasteiger partial charge in [-0.3, -0.25) is 9.59 Å². The Kier molecular flexibility index (Phi) is 7.80. The average Bonchev–Trinajstić information content (AvgIpc) is 3.38. The average molecular weight is 487 g/mol. The van der Waals surface area contributed by atoms with Crippen molar-refractivity contribution in [2.45, 2.75) is 9.79 Å². The number of nitrogens with one attached hydrogen (secondary N) is 2. The Bertz CT molecular complexity index is 1290. The molecule has 4 aromatic rings. The molecule has 3 aromatic carbocycles. The van der Waals surface area contributed by atoms with Crippen molar-refractivity contribution >= 4 is 46.7 Å². The highest BCUT2D eigenvalue weighted by molar-refractivity contribution is 7.99. The second kappa shape index (κ2) is 11.4. The van der Waals surface area contributed by atoms with Crippen LogP contribution < -0.4 is 15.4 Å². The van der Waals surface area contributed by atoms with Crippen LogP contribution >= 0.6 is 23.1 Å². The standard InChI is InChI=1S/C27H22N2O3S2/c1-32-20-15-13-19(14-16-20)26(30)29-24(18-22-10-7-17-33-22)27(31)28-23-11-5-6-12-25(23)34-21-8-3-2-4-9-21/h2-18H,1H3,(H,28,31)(H,29,30)/b24-18-. The number of rotatable bonds is 8. The van der Waals surface area contributed by atoms with E-state index in [-0.39, 0.29) is 11.6 Å². The summed E-state index contributed by atoms with van der Waals surface area (Å²) in [6.45, 7) is 0. The van der Waals surface area contributed by atoms with Gasteiger partial charge >= 0.3 is 0 Å². The minimum Gasteiger partial charge on any atom is -0.497 e. The van der Waals surface area contributed by atoms with Crippen LogP contribution in [-0.4, -0.2) is 18.9 Å². The van der Waals surface area contributed by atoms with E-state index >= 15 is 0 Å². The lowest BCUT2D eigenvalue weighted by atomic mass is 10.2. The predicted octanol–water partition coefficient (Wildman–Crippen LogP) is 6.32. The third-order valence-corrected chi connectivity index (χ3v) is 6.68. The van der Waals surface area contributed by atoms with Gasteiger partial charge in [-0.1, -0.05) is 48.2 Å². The molecule has 0 spiro atoms. The Morgan fingerprint density at radius 1 is 0.882 bits per heavy atom. The molecular weight excluding hydrogens is 464 g/mol. The molecule has 0 atom stereocenters. The van der Waals surface area contributed by atoms with Gasteiger partial charge in [-0.2, -0.15) is 0 Å². The first kappa shape index (κ1) is 23.4. The topological polar surface area (TPSA) is 67.4 Å². The van der Waals surface area contributed by atoms with Gasteiger partial charge in [-0.15, -0.1) is 11.3 Å². The summed E-state index contributed by atoms with van der Waals surface area (Å²) in [5.74, 6) is -0.139. The molecule has 0 bridgehead atoms. The minimum atomic E-state index is -0.406. The molecule has 5 nitrogen and oxygen atoms in total. The van der Waals surface area contributed by atoms with Crippen LogP contribution in [0.5, 0.6) is 5.75 Å². The molecule has 1 heterocycles. The Morgan fingerprint density at radius 2 is 1.62 bits per heavy atom. The van der Waals surface area contributed by atoms with Crippen molar-refractivity contribution in [3.8, 4) is 5.75 Å². The molecule has 2 amide bonds. The molecule has 170 valence electrons. The second-order valence-electron chi connectivity index (χ2n) is 7.12. The van der Waals surface area contributed by atoms with Gasteiger partial charge in [-0.05, 0) is 66.1 Å². The summed E-state index contributed by atoms with van der Waals surface area (Å²) in [4.78, 5) is 29.0. The van der Waals surface area contributed by atoms with E-state index in [9.17, 15) is 9.59 Å². The summed E-state index contributed by atoms with van der Waals surface area (Å²) in [6.07, 6.45) is 1.67. The van der Waals surface area contributed by atoms with Crippen LogP contribution in [0.25, 0.3) is 6.08 Å². The molecule has 0 aliphatic carbocycles. The summed E-state index contributed by atoms with van der Waals surface area (Å²) in [5, 5.41) is 7.64. The smallest absolute Gasteiger partial charge is 0.272 e. The number of methoxy groups -OCH3 is 1. The fourth-order valence-electron chi connectivity index (χ4n) is 3.07. The molecule has 0 aliphatic rings. The number of hydrogen-bond donors (Lipinski definition) is 2. The number of anilines is 1. The Labute approximate surface area is 206 Å². The van der Waals surface area contributed by atoms with Gasteiger partial charge in [0.25, 0.3) is 11.8 Å². The fraction of sp³-hybridized carbons (Fsp3) is 0.0370. The van der Waals surface area contributed by atoms with Gasteiger partial charge in [0.1, 0.15) is 11.4 Å². The van der Waals surface area contributed by atoms with Gasteiger partial charge in [-0.25, -0.2) is 0 Å². The molecule has 0 aliphatic heterocycles. The van der Waals surface area contributed by atoms with Crippen molar-refractivity contribution in [1.29, 1.82) is 0 Å². The molecule has 0 unspecified atom stereocenters. The fourth-order valence-corrected chi connectivity index (χ4v) is 4.66. The number of thiophene rings is 1. The van der Waals surface area contributed by atoms with Gasteiger partial charge in [0, 0.05) is 20.2 Å². The Balaban J connectivity index is 1.56. The molecule has 34 heavy (non-hydrogen) atoms. The zero-order chi connectivity index (χ0) is 23.8. The zero-order valence-corrected chi connectivity index (χ0v) is 20.0. The second-order valence-corrected chi connectivity index (χ2v) is 9.22. The Morgan fingerprint density at radius 3 is 2.32 bits per heavy atom. The molecule has 1 aromatic heterocycles. The third-order valence-electron chi connectivity index (χ3n) is 4.78. The van der Waals surface area contributed by atoms with Crippen molar-refractivity contribution in [1.82, 2.24) is 5.32 Å². The van der Waals surface area contributed by atoms with Crippen LogP contribution in [0, 0.1) is 0 Å². The first-order chi connectivity index (χ1) is 16.6. The van der Waals surface area contributed by atoms with Crippen LogP contribution in [0.2, 0.25) is 0 Å². The van der Waals surface area contributed by atoms with Crippen LogP contribution in [0.4, 0.5) is 5.69 Å². The minimum absolute atomic E-state index is 0.155. The molecule has 4 rings (SSSR count). The molecule has 0 fully saturated rings. The van der Waals surface area contributed by atoms with Crippen molar-refractivity contribution in [3.63, 3.8) is 0 Å². The van der Waals surface area contributed by atoms with Crippen LogP contribution in [-0.2, 0) is 4.79 Å². The maximum Gasteiger partial charge on any atom is 0.272 e. The van der Waals surface area contributed by atoms with Crippen LogP contribution in [0.1, 0.15) is 15.2 Å². The normalized spacial score (nSPS) is 11.0. The van der Waals surface area contributed by atoms with E-state index in [1.807, 2.05) is 72.1 Å². The van der Waals surface area contributed by atoms with E-state index in [0.717, 1.165) is 14.7 Å². The summed E-state index contributed by atoms with van der Waals surface area (Å²) in [5.41, 5.74) is 1.24. The lowest BCUT2D eigenvalue weighted by Gasteiger charge is -2.14. The van der Waals surface area contributed by atoms with E-state index in [2.05, 4.69) is 10.6 Å². The van der Waals surface area contributed by atoms with Crippen LogP contribution in [0.15, 0.2) is 112 Å². The lowest BCUT2D eigenvalue weighted by molar-refractivity contribution is -0.113. The van der Waals surface area contributed by atoms with Crippen molar-refractivity contribution in [3.05, 3.63) is 113 Å². The number of ether oxygens (including phenoxy) is 1. The molecule has 0 saturated carbocycles. The van der Waals surface area contributed by atoms with Gasteiger partial charge in [0.2, 0.25) is 0 Å². The van der Waals surface area contributed by atoms with Gasteiger partial charge in [0.15, 0.2) is 0 Å². The monoisotopic (exact) mass is 486 g/mol. The first-order valence-corrected chi connectivity index (χ1v) is 12.2. The number of hydrogen-bond acceptors (Lipinski definition) is 5. The summed E-state index contributed by atoms with van der Waals surface area (Å²) in [7, 11) is 1.56. The number of carbonyl (C=O) groups excluding carboxylic acids is 2. The lowest BCUT2D eigenvalue weighted by Crippen LogP contribution is -2.30. The van der Waals surface area contributed by atoms with Gasteiger partial charge < -0.3 is 15.4 Å². The number of para-hydroxylation sites is 1. The van der Waals surface area contributed by atoms with E-state index in [4.69, 9.17) is 4.74 Å². The summed E-state index contributed by atoms with van der Waals surface area (Å²) >= 11 is 3.04. The summed E-state index contributed by atoms with van der Waals surface area (Å²) < 4.78 is 5.15. The number of amides is 2. The quantitative estimate of drug-likeness (QED) is 0.286. The predicted molar refractivity (Wildman–Crippen MR) is 138 cm³/mol. The number of benzene rings is 3. The molecule has 2 N–H and O–H groups in total. The zero-order valence-electron chi connectivity index (χ0n) is 18.4. The van der Waals surface area contributed by atoms with E-state index < -0.39 is 5.91 Å². The highest BCUT2D eigenvalue weighted by Gasteiger charge is 2.17. The SMILES string of the molecule is COc1ccc(C(=O)N/C(=C\c2cccs2)C(=O)Nc2ccccc2Sc2ccccc2)cc1. The highest BCUT2D eigenvalue weighted by Crippen LogP contribution is 2.33. The van der Waals surface area contributed by atoms with Crippen molar-refractivity contribution in [2.24, 2.45) is 0 Å². The van der Waals surface area contributed by atoms with E-state index in [1.54, 1.807) is 49.2 Å². The highest BCUT2D eigenvalue weighted by atomic mass is 32.2. The summed E-state index contributed by atoms with van der Waals surface area (Å²) in [6, 6.07) is 28.0. The van der Waals surface area contributed by atoms with E-state index in [1.165, 1.54) is 11.3 Å². The molecule has 0 radical (unpaired) electrons. The Hall–Kier alpha value is -3.81. The maximum atomic E-state index is 13.3. The molecule has 7 heteroatoms. The molecule has 0 saturated heterocycles. The van der Waals surface area contributed by atoms with E-state index in [0.29, 0.717) is 17.0 Å². The van der Waals surface area contributed by atoms with Crippen molar-refractivity contribution < 1.29 is 14.3 Å². The molecular formula is C27H22N2O3S2. The van der Waals surface area contributed by atoms with Gasteiger partial charge in [0.05, 0.1) is 12.8 Å². The first-order valence-electron chi connectivity index (χ1n) is 10.5. The van der Waals surface area contributed by atoms with Crippen LogP contribution in [0.3, 0.4) is 0 Å². The maximum absolute atomic E-state index is 13.3. The number of carbonyl (C=O) groups is 2.